The van der Waals surface area contributed by atoms with Crippen molar-refractivity contribution in [2.45, 2.75) is 6.54 Å². The molecule has 0 saturated carbocycles. The van der Waals surface area contributed by atoms with Crippen molar-refractivity contribution in [2.24, 2.45) is 0 Å². The highest BCUT2D eigenvalue weighted by Crippen LogP contribution is 2.25. The van der Waals surface area contributed by atoms with E-state index in [2.05, 4.69) is 10.3 Å². The van der Waals surface area contributed by atoms with Crippen LogP contribution in [0.1, 0.15) is 21.6 Å². The van der Waals surface area contributed by atoms with E-state index >= 15 is 0 Å². The number of hydrogen-bond donors (Lipinski definition) is 0. The Labute approximate surface area is 163 Å². The van der Waals surface area contributed by atoms with Gasteiger partial charge in [-0.25, -0.2) is 4.68 Å². The van der Waals surface area contributed by atoms with Crippen LogP contribution >= 0.6 is 0 Å². The number of hydrogen-bond acceptors (Lipinski definition) is 4. The minimum Gasteiger partial charge on any atom is -0.497 e. The van der Waals surface area contributed by atoms with Gasteiger partial charge in [-0.15, -0.1) is 5.10 Å². The minimum absolute atomic E-state index is 0.123. The molecule has 28 heavy (non-hydrogen) atoms. The Morgan fingerprint density at radius 3 is 2.18 bits per heavy atom. The summed E-state index contributed by atoms with van der Waals surface area (Å²) in [6.45, 7) is 0.470. The van der Waals surface area contributed by atoms with E-state index in [1.807, 2.05) is 60.7 Å². The van der Waals surface area contributed by atoms with E-state index in [0.29, 0.717) is 29.2 Å². The molecule has 0 aliphatic rings. The summed E-state index contributed by atoms with van der Waals surface area (Å²) < 4.78 is 6.87. The number of ketones is 1. The quantitative estimate of drug-likeness (QED) is 0.477. The summed E-state index contributed by atoms with van der Waals surface area (Å²) in [5.41, 5.74) is 3.53. The van der Waals surface area contributed by atoms with Crippen molar-refractivity contribution in [1.82, 2.24) is 15.0 Å². The number of methoxy groups -OCH3 is 1. The normalized spacial score (nSPS) is 10.6. The van der Waals surface area contributed by atoms with E-state index in [9.17, 15) is 4.79 Å². The molecule has 0 saturated heterocycles. The lowest BCUT2D eigenvalue weighted by atomic mass is 10.0. The first kappa shape index (κ1) is 17.7. The average molecular weight is 369 g/mol. The molecular formula is C23H19N3O2. The van der Waals surface area contributed by atoms with Crippen molar-refractivity contribution in [2.75, 3.05) is 7.11 Å². The lowest BCUT2D eigenvalue weighted by Crippen LogP contribution is -2.13. The van der Waals surface area contributed by atoms with Gasteiger partial charge in [-0.2, -0.15) is 0 Å². The van der Waals surface area contributed by atoms with Crippen LogP contribution in [0, 0.1) is 0 Å². The molecule has 0 aliphatic heterocycles. The fraction of sp³-hybridized carbons (Fsp3) is 0.0870. The first-order chi connectivity index (χ1) is 13.8. The van der Waals surface area contributed by atoms with Gasteiger partial charge in [0.2, 0.25) is 5.78 Å². The fourth-order valence-corrected chi connectivity index (χ4v) is 3.07. The predicted octanol–water partition coefficient (Wildman–Crippen LogP) is 4.23. The van der Waals surface area contributed by atoms with Crippen LogP contribution in [-0.2, 0) is 6.54 Å². The maximum absolute atomic E-state index is 13.4. The van der Waals surface area contributed by atoms with Gasteiger partial charge in [0, 0.05) is 11.1 Å². The molecule has 0 fully saturated rings. The van der Waals surface area contributed by atoms with Gasteiger partial charge < -0.3 is 4.74 Å². The van der Waals surface area contributed by atoms with Crippen LogP contribution < -0.4 is 4.74 Å². The molecule has 0 N–H and O–H groups in total. The van der Waals surface area contributed by atoms with Gasteiger partial charge in [0.05, 0.1) is 13.7 Å². The largest absolute Gasteiger partial charge is 0.497 e. The molecule has 3 aromatic carbocycles. The van der Waals surface area contributed by atoms with Crippen LogP contribution in [0.4, 0.5) is 0 Å². The molecule has 0 aliphatic carbocycles. The molecule has 0 amide bonds. The van der Waals surface area contributed by atoms with Gasteiger partial charge in [-0.05, 0) is 29.8 Å². The molecule has 0 bridgehead atoms. The van der Waals surface area contributed by atoms with Crippen LogP contribution in [0.15, 0.2) is 84.9 Å². The van der Waals surface area contributed by atoms with Crippen LogP contribution in [0.2, 0.25) is 0 Å². The number of carbonyl (C=O) groups excluding carboxylic acids is 1. The lowest BCUT2D eigenvalue weighted by molar-refractivity contribution is 0.103. The van der Waals surface area contributed by atoms with Crippen molar-refractivity contribution in [3.05, 3.63) is 102 Å². The van der Waals surface area contributed by atoms with Gasteiger partial charge in [0.1, 0.15) is 17.1 Å². The number of aromatic nitrogens is 3. The third-order valence-corrected chi connectivity index (χ3v) is 4.52. The van der Waals surface area contributed by atoms with E-state index in [1.54, 1.807) is 36.1 Å². The van der Waals surface area contributed by atoms with Crippen LogP contribution in [0.3, 0.4) is 0 Å². The first-order valence-electron chi connectivity index (χ1n) is 8.98. The Morgan fingerprint density at radius 2 is 1.54 bits per heavy atom. The van der Waals surface area contributed by atoms with Crippen molar-refractivity contribution in [1.29, 1.82) is 0 Å². The molecule has 1 aromatic heterocycles. The van der Waals surface area contributed by atoms with Gasteiger partial charge >= 0.3 is 0 Å². The Morgan fingerprint density at radius 1 is 0.893 bits per heavy atom. The van der Waals surface area contributed by atoms with Crippen LogP contribution in [0.5, 0.6) is 5.75 Å². The highest BCUT2D eigenvalue weighted by Gasteiger charge is 2.23. The van der Waals surface area contributed by atoms with Gasteiger partial charge in [-0.3, -0.25) is 4.79 Å². The molecule has 4 rings (SSSR count). The zero-order chi connectivity index (χ0) is 19.3. The van der Waals surface area contributed by atoms with E-state index in [1.165, 1.54) is 0 Å². The van der Waals surface area contributed by atoms with Crippen LogP contribution in [0.25, 0.3) is 11.3 Å². The summed E-state index contributed by atoms with van der Waals surface area (Å²) in [4.78, 5) is 13.4. The Balaban J connectivity index is 1.79. The third-order valence-electron chi connectivity index (χ3n) is 4.52. The van der Waals surface area contributed by atoms with E-state index in [4.69, 9.17) is 4.74 Å². The SMILES string of the molecule is COc1ccc(C(=O)c2c(-c3ccccc3)nnn2Cc2ccccc2)cc1. The topological polar surface area (TPSA) is 57.0 Å². The van der Waals surface area contributed by atoms with Crippen molar-refractivity contribution in [3.8, 4) is 17.0 Å². The predicted molar refractivity (Wildman–Crippen MR) is 107 cm³/mol. The number of carbonyl (C=O) groups is 1. The van der Waals surface area contributed by atoms with Crippen molar-refractivity contribution in [3.63, 3.8) is 0 Å². The zero-order valence-electron chi connectivity index (χ0n) is 15.4. The summed E-state index contributed by atoms with van der Waals surface area (Å²) >= 11 is 0. The van der Waals surface area contributed by atoms with E-state index < -0.39 is 0 Å². The molecular weight excluding hydrogens is 350 g/mol. The first-order valence-corrected chi connectivity index (χ1v) is 8.98. The molecule has 0 radical (unpaired) electrons. The Bertz CT molecular complexity index is 1070. The van der Waals surface area contributed by atoms with Gasteiger partial charge in [0.15, 0.2) is 0 Å². The second-order valence-electron chi connectivity index (χ2n) is 6.35. The molecule has 5 heteroatoms. The molecule has 1 heterocycles. The second kappa shape index (κ2) is 7.88. The third kappa shape index (κ3) is 3.55. The van der Waals surface area contributed by atoms with Gasteiger partial charge in [0.25, 0.3) is 0 Å². The van der Waals surface area contributed by atoms with Crippen LogP contribution in [-0.4, -0.2) is 27.9 Å². The average Bonchev–Trinajstić information content (AvgIpc) is 3.18. The van der Waals surface area contributed by atoms with E-state index in [-0.39, 0.29) is 5.78 Å². The van der Waals surface area contributed by atoms with Gasteiger partial charge in [-0.1, -0.05) is 65.9 Å². The zero-order valence-corrected chi connectivity index (χ0v) is 15.4. The summed E-state index contributed by atoms with van der Waals surface area (Å²) in [5.74, 6) is 0.582. The Kier molecular flexibility index (Phi) is 4.97. The van der Waals surface area contributed by atoms with Crippen molar-refractivity contribution < 1.29 is 9.53 Å². The summed E-state index contributed by atoms with van der Waals surface area (Å²) in [6.07, 6.45) is 0. The summed E-state index contributed by atoms with van der Waals surface area (Å²) in [5, 5.41) is 8.62. The number of ether oxygens (including phenoxy) is 1. The maximum atomic E-state index is 13.4. The smallest absolute Gasteiger partial charge is 0.213 e. The number of rotatable bonds is 6. The molecule has 4 aromatic rings. The fourth-order valence-electron chi connectivity index (χ4n) is 3.07. The highest BCUT2D eigenvalue weighted by molar-refractivity contribution is 6.11. The maximum Gasteiger partial charge on any atom is 0.213 e. The molecule has 0 unspecified atom stereocenters. The van der Waals surface area contributed by atoms with E-state index in [0.717, 1.165) is 11.1 Å². The Hall–Kier alpha value is -3.73. The monoisotopic (exact) mass is 369 g/mol. The molecule has 0 atom stereocenters. The minimum atomic E-state index is -0.123. The molecule has 138 valence electrons. The number of benzene rings is 3. The molecule has 0 spiro atoms. The highest BCUT2D eigenvalue weighted by atomic mass is 16.5. The molecule has 5 nitrogen and oxygen atoms in total. The standard InChI is InChI=1S/C23H19N3O2/c1-28-20-14-12-19(13-15-20)23(27)22-21(18-10-6-3-7-11-18)24-25-26(22)16-17-8-4-2-5-9-17/h2-15H,16H2,1H3. The second-order valence-corrected chi connectivity index (χ2v) is 6.35. The summed E-state index contributed by atoms with van der Waals surface area (Å²) in [6, 6.07) is 26.6. The lowest BCUT2D eigenvalue weighted by Gasteiger charge is -2.09. The number of nitrogens with zero attached hydrogens (tertiary/aromatic N) is 3. The summed E-state index contributed by atoms with van der Waals surface area (Å²) in [7, 11) is 1.60. The van der Waals surface area contributed by atoms with Crippen molar-refractivity contribution >= 4 is 5.78 Å².